The smallest absolute Gasteiger partial charge is 0.261 e. The minimum absolute atomic E-state index is 0.000774. The summed E-state index contributed by atoms with van der Waals surface area (Å²) in [6.07, 6.45) is 3.29. The molecule has 186 valence electrons. The lowest BCUT2D eigenvalue weighted by Crippen LogP contribution is -2.34. The lowest BCUT2D eigenvalue weighted by Gasteiger charge is -2.23. The third kappa shape index (κ3) is 7.13. The second kappa shape index (κ2) is 13.0. The Hall–Kier alpha value is -3.22. The Kier molecular flexibility index (Phi) is 9.82. The Morgan fingerprint density at radius 3 is 2.69 bits per heavy atom. The van der Waals surface area contributed by atoms with Crippen molar-refractivity contribution in [3.8, 4) is 0 Å². The third-order valence-electron chi connectivity index (χ3n) is 6.38. The van der Waals surface area contributed by atoms with Gasteiger partial charge in [0, 0.05) is 43.4 Å². The van der Waals surface area contributed by atoms with Gasteiger partial charge in [-0.25, -0.2) is 0 Å². The summed E-state index contributed by atoms with van der Waals surface area (Å²) >= 11 is 0. The molecule has 2 aromatic carbocycles. The van der Waals surface area contributed by atoms with Crippen molar-refractivity contribution in [2.24, 2.45) is 4.99 Å². The molecular weight excluding hydrogens is 436 g/mol. The molecule has 1 aliphatic rings. The molecule has 0 saturated carbocycles. The van der Waals surface area contributed by atoms with Crippen molar-refractivity contribution in [1.29, 1.82) is 0 Å². The van der Waals surface area contributed by atoms with E-state index in [4.69, 9.17) is 4.74 Å². The van der Waals surface area contributed by atoms with E-state index in [2.05, 4.69) is 40.0 Å². The zero-order valence-corrected chi connectivity index (χ0v) is 21.5. The van der Waals surface area contributed by atoms with E-state index in [1.165, 1.54) is 5.56 Å². The van der Waals surface area contributed by atoms with Gasteiger partial charge in [0.2, 0.25) is 0 Å². The number of allylic oxidation sites excluding steroid dienone is 2. The fraction of sp³-hybridized carbons (Fsp3) is 0.379. The second-order valence-corrected chi connectivity index (χ2v) is 8.83. The molecule has 1 amide bonds. The van der Waals surface area contributed by atoms with Gasteiger partial charge in [-0.2, -0.15) is 0 Å². The van der Waals surface area contributed by atoms with Crippen LogP contribution in [0.15, 0.2) is 83.1 Å². The third-order valence-corrected chi connectivity index (χ3v) is 6.38. The minimum Gasteiger partial charge on any atom is -0.376 e. The monoisotopic (exact) mass is 474 g/mol. The number of anilines is 1. The topological polar surface area (TPSA) is 57.2 Å². The number of rotatable bonds is 11. The first kappa shape index (κ1) is 26.4. The van der Waals surface area contributed by atoms with Crippen molar-refractivity contribution in [2.45, 2.75) is 39.4 Å². The van der Waals surface area contributed by atoms with Crippen LogP contribution in [-0.4, -0.2) is 50.8 Å². The van der Waals surface area contributed by atoms with E-state index in [0.717, 1.165) is 48.6 Å². The number of nitrogens with one attached hydrogen (secondary N) is 1. The number of hydrogen-bond acceptors (Lipinski definition) is 5. The highest BCUT2D eigenvalue weighted by Gasteiger charge is 2.26. The van der Waals surface area contributed by atoms with Gasteiger partial charge in [0.15, 0.2) is 0 Å². The largest absolute Gasteiger partial charge is 0.376 e. The van der Waals surface area contributed by atoms with Crippen molar-refractivity contribution >= 4 is 17.8 Å². The molecule has 0 spiro atoms. The summed E-state index contributed by atoms with van der Waals surface area (Å²) in [6, 6.07) is 18.4. The van der Waals surface area contributed by atoms with Crippen LogP contribution in [0.25, 0.3) is 0 Å². The molecule has 2 aromatic rings. The maximum Gasteiger partial charge on any atom is 0.261 e. The number of amides is 1. The van der Waals surface area contributed by atoms with Crippen molar-refractivity contribution in [3.63, 3.8) is 0 Å². The van der Waals surface area contributed by atoms with Gasteiger partial charge in [-0.1, -0.05) is 56.0 Å². The van der Waals surface area contributed by atoms with Crippen LogP contribution in [0.3, 0.4) is 0 Å². The van der Waals surface area contributed by atoms with Crippen LogP contribution in [0.2, 0.25) is 0 Å². The maximum atomic E-state index is 13.6. The van der Waals surface area contributed by atoms with Crippen LogP contribution in [0, 0.1) is 0 Å². The molecule has 0 fully saturated rings. The van der Waals surface area contributed by atoms with Crippen molar-refractivity contribution in [3.05, 3.63) is 89.3 Å². The second-order valence-electron chi connectivity index (χ2n) is 8.83. The average Bonchev–Trinajstić information content (AvgIpc) is 2.99. The summed E-state index contributed by atoms with van der Waals surface area (Å²) in [7, 11) is 3.96. The van der Waals surface area contributed by atoms with E-state index in [-0.39, 0.29) is 12.0 Å². The van der Waals surface area contributed by atoms with Crippen LogP contribution in [-0.2, 0) is 16.1 Å². The van der Waals surface area contributed by atoms with E-state index >= 15 is 0 Å². The van der Waals surface area contributed by atoms with Crippen LogP contribution < -0.4 is 10.2 Å². The van der Waals surface area contributed by atoms with Gasteiger partial charge < -0.3 is 19.9 Å². The predicted molar refractivity (Wildman–Crippen MR) is 145 cm³/mol. The highest BCUT2D eigenvalue weighted by Crippen LogP contribution is 2.26. The molecule has 0 aromatic heterocycles. The summed E-state index contributed by atoms with van der Waals surface area (Å²) in [4.78, 5) is 21.9. The Morgan fingerprint density at radius 1 is 1.20 bits per heavy atom. The van der Waals surface area contributed by atoms with E-state index in [1.807, 2.05) is 69.2 Å². The highest BCUT2D eigenvalue weighted by molar-refractivity contribution is 6.19. The van der Waals surface area contributed by atoms with Crippen LogP contribution in [0.1, 0.15) is 43.9 Å². The molecule has 6 nitrogen and oxygen atoms in total. The normalized spacial score (nSPS) is 15.6. The Bertz CT molecular complexity index is 1060. The van der Waals surface area contributed by atoms with Crippen LogP contribution in [0.5, 0.6) is 0 Å². The molecule has 1 unspecified atom stereocenters. The number of hydrogen-bond donors (Lipinski definition) is 1. The standard InChI is InChI=1S/C29H38N4O2/c1-6-22(2)31-20-27-23(3)32(5)17-18-33(29(27)34)26-14-10-11-24(19-26)21-35-28(15-16-30-4)25-12-8-7-9-13-25/h7-14,19-20,28,30H,2,6,15-18,21H2,1,3-5H3/b31-20-. The lowest BCUT2D eigenvalue weighted by molar-refractivity contribution is -0.114. The maximum absolute atomic E-state index is 13.6. The molecular formula is C29H38N4O2. The Morgan fingerprint density at radius 2 is 1.97 bits per heavy atom. The highest BCUT2D eigenvalue weighted by atomic mass is 16.5. The van der Waals surface area contributed by atoms with Gasteiger partial charge in [-0.05, 0) is 56.6 Å². The summed E-state index contributed by atoms with van der Waals surface area (Å²) in [5.41, 5.74) is 5.33. The zero-order chi connectivity index (χ0) is 25.2. The molecule has 0 aliphatic carbocycles. The number of likely N-dealkylation sites (N-methyl/N-ethyl adjacent to an activating group) is 1. The fourth-order valence-corrected chi connectivity index (χ4v) is 3.97. The van der Waals surface area contributed by atoms with Crippen LogP contribution >= 0.6 is 0 Å². The number of carbonyl (C=O) groups is 1. The molecule has 1 N–H and O–H groups in total. The molecule has 1 heterocycles. The quantitative estimate of drug-likeness (QED) is 0.460. The van der Waals surface area contributed by atoms with Crippen molar-refractivity contribution in [2.75, 3.05) is 38.6 Å². The average molecular weight is 475 g/mol. The molecule has 0 bridgehead atoms. The predicted octanol–water partition coefficient (Wildman–Crippen LogP) is 5.10. The minimum atomic E-state index is -0.0475. The molecule has 3 rings (SSSR count). The van der Waals surface area contributed by atoms with E-state index in [0.29, 0.717) is 18.7 Å². The molecule has 0 radical (unpaired) electrons. The molecule has 6 heteroatoms. The van der Waals surface area contributed by atoms with Crippen molar-refractivity contribution < 1.29 is 9.53 Å². The van der Waals surface area contributed by atoms with E-state index in [1.54, 1.807) is 6.21 Å². The van der Waals surface area contributed by atoms with Crippen molar-refractivity contribution in [1.82, 2.24) is 10.2 Å². The lowest BCUT2D eigenvalue weighted by atomic mass is 10.1. The summed E-state index contributed by atoms with van der Waals surface area (Å²) in [6.45, 7) is 10.6. The molecule has 0 saturated heterocycles. The molecule has 1 aliphatic heterocycles. The van der Waals surface area contributed by atoms with Gasteiger partial charge in [0.05, 0.1) is 18.3 Å². The number of benzene rings is 2. The van der Waals surface area contributed by atoms with Gasteiger partial charge >= 0.3 is 0 Å². The first-order valence-electron chi connectivity index (χ1n) is 12.3. The Labute approximate surface area is 210 Å². The van der Waals surface area contributed by atoms with Gasteiger partial charge in [0.1, 0.15) is 0 Å². The Balaban J connectivity index is 1.79. The van der Waals surface area contributed by atoms with Crippen LogP contribution in [0.4, 0.5) is 5.69 Å². The van der Waals surface area contributed by atoms with Gasteiger partial charge in [-0.15, -0.1) is 0 Å². The summed E-state index contributed by atoms with van der Waals surface area (Å²) < 4.78 is 6.35. The number of carbonyl (C=O) groups excluding carboxylic acids is 1. The number of nitrogens with zero attached hydrogens (tertiary/aromatic N) is 3. The van der Waals surface area contributed by atoms with E-state index in [9.17, 15) is 4.79 Å². The first-order chi connectivity index (χ1) is 16.9. The van der Waals surface area contributed by atoms with E-state index < -0.39 is 0 Å². The fourth-order valence-electron chi connectivity index (χ4n) is 3.97. The molecule has 35 heavy (non-hydrogen) atoms. The zero-order valence-electron chi connectivity index (χ0n) is 21.5. The summed E-state index contributed by atoms with van der Waals surface area (Å²) in [5.74, 6) is -0.0475. The van der Waals surface area contributed by atoms with Gasteiger partial charge in [-0.3, -0.25) is 9.79 Å². The molecule has 1 atom stereocenters. The number of ether oxygens (including phenoxy) is 1. The van der Waals surface area contributed by atoms with Gasteiger partial charge in [0.25, 0.3) is 5.91 Å². The summed E-state index contributed by atoms with van der Waals surface area (Å²) in [5, 5.41) is 3.21. The first-order valence-corrected chi connectivity index (χ1v) is 12.3. The SMILES string of the molecule is C=C(CC)/N=C\C1=C(C)N(C)CCN(c2cccc(COC(CCNC)c3ccccc3)c2)C1=O. The number of aliphatic imine (C=N–C) groups is 1.